The van der Waals surface area contributed by atoms with Crippen LogP contribution in [0.5, 0.6) is 0 Å². The van der Waals surface area contributed by atoms with Crippen molar-refractivity contribution < 1.29 is 4.52 Å². The molecule has 1 saturated carbocycles. The van der Waals surface area contributed by atoms with E-state index >= 15 is 0 Å². The summed E-state index contributed by atoms with van der Waals surface area (Å²) in [6.45, 7) is 0. The number of H-pyrrole nitrogens is 1. The van der Waals surface area contributed by atoms with Crippen LogP contribution in [0.15, 0.2) is 9.32 Å². The lowest BCUT2D eigenvalue weighted by Crippen LogP contribution is -2.07. The molecule has 66 valence electrons. The second-order valence-electron chi connectivity index (χ2n) is 3.32. The first kappa shape index (κ1) is 7.58. The average Bonchev–Trinajstić information content (AvgIpc) is 2.54. The van der Waals surface area contributed by atoms with Crippen molar-refractivity contribution in [1.29, 1.82) is 0 Å². The average molecular weight is 168 g/mol. The van der Waals surface area contributed by atoms with E-state index in [-0.39, 0.29) is 0 Å². The Morgan fingerprint density at radius 2 is 2.08 bits per heavy atom. The highest BCUT2D eigenvalue weighted by Gasteiger charge is 2.18. The van der Waals surface area contributed by atoms with Gasteiger partial charge in [0.15, 0.2) is 5.82 Å². The number of aromatic amines is 1. The second kappa shape index (κ2) is 3.13. The molecule has 0 bridgehead atoms. The van der Waals surface area contributed by atoms with Crippen LogP contribution in [0.2, 0.25) is 0 Å². The molecule has 0 spiro atoms. The summed E-state index contributed by atoms with van der Waals surface area (Å²) < 4.78 is 4.46. The van der Waals surface area contributed by atoms with E-state index in [1.165, 1.54) is 19.3 Å². The number of nitrogens with one attached hydrogen (secondary N) is 1. The van der Waals surface area contributed by atoms with Gasteiger partial charge in [-0.25, -0.2) is 4.79 Å². The van der Waals surface area contributed by atoms with Gasteiger partial charge in [0.05, 0.1) is 0 Å². The first-order chi connectivity index (χ1) is 5.86. The summed E-state index contributed by atoms with van der Waals surface area (Å²) in [6.07, 6.45) is 6.03. The van der Waals surface area contributed by atoms with Gasteiger partial charge in [0, 0.05) is 5.92 Å². The quantitative estimate of drug-likeness (QED) is 0.689. The third-order valence-electron chi connectivity index (χ3n) is 2.45. The van der Waals surface area contributed by atoms with E-state index in [1.807, 2.05) is 0 Å². The van der Waals surface area contributed by atoms with Crippen LogP contribution in [0.1, 0.15) is 43.8 Å². The summed E-state index contributed by atoms with van der Waals surface area (Å²) in [6, 6.07) is 0. The number of hydrogen-bond donors (Lipinski definition) is 1. The Kier molecular flexibility index (Phi) is 1.98. The van der Waals surface area contributed by atoms with Crippen molar-refractivity contribution in [3.8, 4) is 0 Å². The molecule has 0 amide bonds. The number of nitrogens with zero attached hydrogens (tertiary/aromatic N) is 1. The minimum absolute atomic E-state index is 0.421. The molecule has 0 aliphatic heterocycles. The van der Waals surface area contributed by atoms with E-state index in [2.05, 4.69) is 14.7 Å². The largest absolute Gasteiger partial charge is 0.438 e. The van der Waals surface area contributed by atoms with Gasteiger partial charge in [-0.3, -0.25) is 9.51 Å². The van der Waals surface area contributed by atoms with Crippen molar-refractivity contribution in [2.75, 3.05) is 0 Å². The van der Waals surface area contributed by atoms with Gasteiger partial charge < -0.3 is 0 Å². The second-order valence-corrected chi connectivity index (χ2v) is 3.32. The van der Waals surface area contributed by atoms with Crippen LogP contribution in [-0.2, 0) is 0 Å². The lowest BCUT2D eigenvalue weighted by Gasteiger charge is -2.17. The van der Waals surface area contributed by atoms with E-state index in [9.17, 15) is 4.79 Å². The summed E-state index contributed by atoms with van der Waals surface area (Å²) in [5.41, 5.74) is 0. The summed E-state index contributed by atoms with van der Waals surface area (Å²) >= 11 is 0. The Morgan fingerprint density at radius 1 is 1.33 bits per heavy atom. The van der Waals surface area contributed by atoms with Crippen molar-refractivity contribution in [2.24, 2.45) is 0 Å². The van der Waals surface area contributed by atoms with E-state index in [0.717, 1.165) is 18.7 Å². The fourth-order valence-electron chi connectivity index (χ4n) is 1.79. The molecule has 1 fully saturated rings. The van der Waals surface area contributed by atoms with Crippen LogP contribution in [0.3, 0.4) is 0 Å². The Labute approximate surface area is 70.0 Å². The zero-order valence-corrected chi connectivity index (χ0v) is 6.88. The van der Waals surface area contributed by atoms with E-state index in [4.69, 9.17) is 0 Å². The first-order valence-corrected chi connectivity index (χ1v) is 4.42. The molecule has 1 heterocycles. The maximum Gasteiger partial charge on any atom is 0.438 e. The van der Waals surface area contributed by atoms with E-state index < -0.39 is 5.76 Å². The molecular weight excluding hydrogens is 156 g/mol. The van der Waals surface area contributed by atoms with Crippen LogP contribution < -0.4 is 5.76 Å². The third kappa shape index (κ3) is 1.42. The molecule has 2 rings (SSSR count). The van der Waals surface area contributed by atoms with E-state index in [1.54, 1.807) is 0 Å². The topological polar surface area (TPSA) is 58.9 Å². The van der Waals surface area contributed by atoms with Gasteiger partial charge in [0.25, 0.3) is 0 Å². The molecule has 0 aromatic carbocycles. The van der Waals surface area contributed by atoms with Crippen molar-refractivity contribution in [1.82, 2.24) is 10.1 Å². The van der Waals surface area contributed by atoms with Gasteiger partial charge in [-0.1, -0.05) is 24.4 Å². The normalized spacial score (nSPS) is 19.7. The van der Waals surface area contributed by atoms with Crippen molar-refractivity contribution in [3.05, 3.63) is 16.4 Å². The SMILES string of the molecule is O=c1[nH]c(C2CCCCC2)no1. The molecule has 1 aliphatic carbocycles. The Hall–Kier alpha value is -1.06. The van der Waals surface area contributed by atoms with Crippen LogP contribution in [-0.4, -0.2) is 10.1 Å². The molecular formula is C8H12N2O2. The third-order valence-corrected chi connectivity index (χ3v) is 2.45. The van der Waals surface area contributed by atoms with Crippen LogP contribution >= 0.6 is 0 Å². The molecule has 1 aromatic rings. The molecule has 1 aliphatic rings. The maximum atomic E-state index is 10.6. The molecule has 0 saturated heterocycles. The van der Waals surface area contributed by atoms with E-state index in [0.29, 0.717) is 5.92 Å². The molecule has 4 nitrogen and oxygen atoms in total. The highest BCUT2D eigenvalue weighted by Crippen LogP contribution is 2.29. The smallest absolute Gasteiger partial charge is 0.296 e. The standard InChI is InChI=1S/C8H12N2O2/c11-8-9-7(10-12-8)6-4-2-1-3-5-6/h6H,1-5H2,(H,9,10,11). The molecule has 12 heavy (non-hydrogen) atoms. The van der Waals surface area contributed by atoms with Gasteiger partial charge in [0.2, 0.25) is 0 Å². The van der Waals surface area contributed by atoms with Crippen molar-refractivity contribution in [3.63, 3.8) is 0 Å². The van der Waals surface area contributed by atoms with Gasteiger partial charge in [-0.15, -0.1) is 0 Å². The van der Waals surface area contributed by atoms with Gasteiger partial charge >= 0.3 is 5.76 Å². The van der Waals surface area contributed by atoms with Gasteiger partial charge in [0.1, 0.15) is 0 Å². The lowest BCUT2D eigenvalue weighted by molar-refractivity contribution is 0.363. The summed E-state index contributed by atoms with van der Waals surface area (Å²) in [5.74, 6) is 0.723. The zero-order chi connectivity index (χ0) is 8.39. The number of rotatable bonds is 1. The predicted molar refractivity (Wildman–Crippen MR) is 42.9 cm³/mol. The molecule has 0 radical (unpaired) electrons. The predicted octanol–water partition coefficient (Wildman–Crippen LogP) is 1.41. The van der Waals surface area contributed by atoms with Crippen LogP contribution in [0, 0.1) is 0 Å². The number of hydrogen-bond acceptors (Lipinski definition) is 3. The monoisotopic (exact) mass is 168 g/mol. The Morgan fingerprint density at radius 3 is 2.67 bits per heavy atom. The molecule has 1 aromatic heterocycles. The minimum atomic E-state index is -0.435. The van der Waals surface area contributed by atoms with Crippen LogP contribution in [0.4, 0.5) is 0 Å². The molecule has 0 atom stereocenters. The summed E-state index contributed by atoms with van der Waals surface area (Å²) in [7, 11) is 0. The van der Waals surface area contributed by atoms with Crippen molar-refractivity contribution >= 4 is 0 Å². The van der Waals surface area contributed by atoms with Crippen LogP contribution in [0.25, 0.3) is 0 Å². The molecule has 4 heteroatoms. The van der Waals surface area contributed by atoms with Gasteiger partial charge in [-0.2, -0.15) is 0 Å². The number of aromatic nitrogens is 2. The summed E-state index contributed by atoms with van der Waals surface area (Å²) in [5, 5.41) is 3.70. The van der Waals surface area contributed by atoms with Gasteiger partial charge in [-0.05, 0) is 12.8 Å². The summed E-state index contributed by atoms with van der Waals surface area (Å²) in [4.78, 5) is 13.3. The lowest BCUT2D eigenvalue weighted by atomic mass is 9.89. The zero-order valence-electron chi connectivity index (χ0n) is 6.88. The molecule has 1 N–H and O–H groups in total. The maximum absolute atomic E-state index is 10.6. The Bertz CT molecular complexity index is 296. The minimum Gasteiger partial charge on any atom is -0.296 e. The Balaban J connectivity index is 2.13. The first-order valence-electron chi connectivity index (χ1n) is 4.42. The highest BCUT2D eigenvalue weighted by molar-refractivity contribution is 4.93. The molecule has 0 unspecified atom stereocenters. The van der Waals surface area contributed by atoms with Crippen molar-refractivity contribution in [2.45, 2.75) is 38.0 Å². The fourth-order valence-corrected chi connectivity index (χ4v) is 1.79. The highest BCUT2D eigenvalue weighted by atomic mass is 16.5. The fraction of sp³-hybridized carbons (Fsp3) is 0.750.